The van der Waals surface area contributed by atoms with Crippen molar-refractivity contribution in [1.29, 1.82) is 0 Å². The molecule has 0 unspecified atom stereocenters. The van der Waals surface area contributed by atoms with E-state index in [1.807, 2.05) is 42.6 Å². The first-order valence-electron chi connectivity index (χ1n) is 7.83. The second-order valence-electron chi connectivity index (χ2n) is 5.67. The molecule has 0 aliphatic carbocycles. The number of anilines is 2. The van der Waals surface area contributed by atoms with Gasteiger partial charge in [-0.25, -0.2) is 9.50 Å². The Bertz CT molecular complexity index is 1040. The number of aromatic hydroxyl groups is 1. The summed E-state index contributed by atoms with van der Waals surface area (Å²) in [5.41, 5.74) is 4.13. The summed E-state index contributed by atoms with van der Waals surface area (Å²) in [4.78, 5) is 4.64. The molecule has 25 heavy (non-hydrogen) atoms. The van der Waals surface area contributed by atoms with Gasteiger partial charge in [-0.05, 0) is 35.4 Å². The number of hydrogen-bond acceptors (Lipinski definition) is 5. The summed E-state index contributed by atoms with van der Waals surface area (Å²) in [6.07, 6.45) is 3.59. The molecule has 4 rings (SSSR count). The first kappa shape index (κ1) is 15.2. The predicted molar refractivity (Wildman–Crippen MR) is 95.7 cm³/mol. The van der Waals surface area contributed by atoms with Gasteiger partial charge in [0.1, 0.15) is 11.6 Å². The minimum Gasteiger partial charge on any atom is -0.508 e. The quantitative estimate of drug-likeness (QED) is 0.534. The molecule has 4 aromatic rings. The highest BCUT2D eigenvalue weighted by Crippen LogP contribution is 2.26. The second kappa shape index (κ2) is 6.26. The van der Waals surface area contributed by atoms with Crippen molar-refractivity contribution in [2.24, 2.45) is 0 Å². The maximum Gasteiger partial charge on any atom is 0.165 e. The Kier molecular flexibility index (Phi) is 3.80. The third kappa shape index (κ3) is 3.02. The number of benzene rings is 2. The normalized spacial score (nSPS) is 10.9. The average Bonchev–Trinajstić information content (AvgIpc) is 3.05. The lowest BCUT2D eigenvalue weighted by molar-refractivity contribution is 0.282. The molecule has 0 bridgehead atoms. The van der Waals surface area contributed by atoms with Crippen LogP contribution in [0.3, 0.4) is 0 Å². The summed E-state index contributed by atoms with van der Waals surface area (Å²) in [6, 6.07) is 16.4. The molecule has 6 heteroatoms. The highest BCUT2D eigenvalue weighted by molar-refractivity contribution is 5.78. The molecule has 0 radical (unpaired) electrons. The van der Waals surface area contributed by atoms with E-state index in [1.54, 1.807) is 28.9 Å². The molecule has 2 aromatic heterocycles. The summed E-state index contributed by atoms with van der Waals surface area (Å²) in [5.74, 6) is 0.843. The van der Waals surface area contributed by atoms with Crippen LogP contribution in [0.2, 0.25) is 0 Å². The Morgan fingerprint density at radius 1 is 1.04 bits per heavy atom. The monoisotopic (exact) mass is 332 g/mol. The largest absolute Gasteiger partial charge is 0.508 e. The number of hydrogen-bond donors (Lipinski definition) is 3. The Balaban J connectivity index is 1.74. The molecular weight excluding hydrogens is 316 g/mol. The minimum absolute atomic E-state index is 0.00914. The van der Waals surface area contributed by atoms with Crippen molar-refractivity contribution in [2.45, 2.75) is 6.61 Å². The maximum atomic E-state index is 9.58. The number of phenols is 1. The molecule has 2 aromatic carbocycles. The number of phenolic OH excluding ortho intramolecular Hbond substituents is 1. The minimum atomic E-state index is -0.00914. The molecule has 0 aliphatic heterocycles. The van der Waals surface area contributed by atoms with Crippen molar-refractivity contribution in [3.05, 3.63) is 72.6 Å². The Morgan fingerprint density at radius 2 is 1.92 bits per heavy atom. The standard InChI is InChI=1S/C19H16N4O2/c24-12-13-3-1-4-14(9-13)17-11-20-23-8-7-18(22-19(17)23)21-15-5-2-6-16(25)10-15/h1-11,24-25H,12H2,(H,21,22). The molecule has 0 spiro atoms. The summed E-state index contributed by atoms with van der Waals surface area (Å²) in [7, 11) is 0. The summed E-state index contributed by atoms with van der Waals surface area (Å²) < 4.78 is 1.70. The van der Waals surface area contributed by atoms with Gasteiger partial charge in [-0.2, -0.15) is 5.10 Å². The topological polar surface area (TPSA) is 82.7 Å². The molecule has 0 aliphatic rings. The van der Waals surface area contributed by atoms with E-state index in [1.165, 1.54) is 0 Å². The fourth-order valence-corrected chi connectivity index (χ4v) is 2.71. The number of nitrogens with one attached hydrogen (secondary N) is 1. The highest BCUT2D eigenvalue weighted by Gasteiger charge is 2.10. The van der Waals surface area contributed by atoms with Crippen molar-refractivity contribution < 1.29 is 10.2 Å². The van der Waals surface area contributed by atoms with Gasteiger partial charge in [0.25, 0.3) is 0 Å². The van der Waals surface area contributed by atoms with E-state index in [9.17, 15) is 10.2 Å². The molecule has 0 amide bonds. The van der Waals surface area contributed by atoms with Gasteiger partial charge in [0, 0.05) is 23.5 Å². The van der Waals surface area contributed by atoms with Crippen molar-refractivity contribution in [3.8, 4) is 16.9 Å². The number of rotatable bonds is 4. The van der Waals surface area contributed by atoms with Crippen LogP contribution in [-0.4, -0.2) is 24.8 Å². The second-order valence-corrected chi connectivity index (χ2v) is 5.67. The van der Waals surface area contributed by atoms with E-state index in [2.05, 4.69) is 15.4 Å². The fourth-order valence-electron chi connectivity index (χ4n) is 2.71. The first-order valence-corrected chi connectivity index (χ1v) is 7.83. The van der Waals surface area contributed by atoms with E-state index < -0.39 is 0 Å². The Hall–Kier alpha value is -3.38. The van der Waals surface area contributed by atoms with Crippen molar-refractivity contribution in [2.75, 3.05) is 5.32 Å². The molecule has 3 N–H and O–H groups in total. The van der Waals surface area contributed by atoms with Crippen LogP contribution in [-0.2, 0) is 6.61 Å². The van der Waals surface area contributed by atoms with Gasteiger partial charge < -0.3 is 15.5 Å². The number of aromatic nitrogens is 3. The van der Waals surface area contributed by atoms with Gasteiger partial charge >= 0.3 is 0 Å². The molecule has 0 fully saturated rings. The van der Waals surface area contributed by atoms with E-state index in [-0.39, 0.29) is 12.4 Å². The number of aliphatic hydroxyl groups excluding tert-OH is 1. The fraction of sp³-hybridized carbons (Fsp3) is 0.0526. The van der Waals surface area contributed by atoms with Crippen LogP contribution in [0.15, 0.2) is 67.0 Å². The van der Waals surface area contributed by atoms with Gasteiger partial charge in [-0.1, -0.05) is 24.3 Å². The lowest BCUT2D eigenvalue weighted by atomic mass is 10.1. The Labute approximate surface area is 144 Å². The summed E-state index contributed by atoms with van der Waals surface area (Å²) in [6.45, 7) is -0.00914. The molecule has 2 heterocycles. The zero-order valence-corrected chi connectivity index (χ0v) is 13.3. The zero-order valence-electron chi connectivity index (χ0n) is 13.3. The van der Waals surface area contributed by atoms with Crippen LogP contribution < -0.4 is 5.32 Å². The average molecular weight is 332 g/mol. The van der Waals surface area contributed by atoms with Crippen LogP contribution in [0.5, 0.6) is 5.75 Å². The van der Waals surface area contributed by atoms with Crippen LogP contribution in [0, 0.1) is 0 Å². The van der Waals surface area contributed by atoms with Gasteiger partial charge in [0.05, 0.1) is 12.8 Å². The predicted octanol–water partition coefficient (Wildman–Crippen LogP) is 3.34. The molecule has 0 atom stereocenters. The smallest absolute Gasteiger partial charge is 0.165 e. The van der Waals surface area contributed by atoms with Gasteiger partial charge in [0.15, 0.2) is 5.65 Å². The molecule has 0 saturated heterocycles. The number of aliphatic hydroxyl groups is 1. The lowest BCUT2D eigenvalue weighted by Crippen LogP contribution is -1.97. The third-order valence-corrected chi connectivity index (χ3v) is 3.91. The zero-order chi connectivity index (χ0) is 17.2. The number of nitrogens with zero attached hydrogens (tertiary/aromatic N) is 3. The van der Waals surface area contributed by atoms with Crippen molar-refractivity contribution >= 4 is 17.2 Å². The van der Waals surface area contributed by atoms with E-state index >= 15 is 0 Å². The van der Waals surface area contributed by atoms with Gasteiger partial charge in [-0.3, -0.25) is 0 Å². The van der Waals surface area contributed by atoms with E-state index in [4.69, 9.17) is 0 Å². The lowest BCUT2D eigenvalue weighted by Gasteiger charge is -2.07. The SMILES string of the molecule is OCc1cccc(-c2cnn3ccc(Nc4cccc(O)c4)nc23)c1. The van der Waals surface area contributed by atoms with Crippen molar-refractivity contribution in [1.82, 2.24) is 14.6 Å². The van der Waals surface area contributed by atoms with Crippen LogP contribution in [0.4, 0.5) is 11.5 Å². The Morgan fingerprint density at radius 3 is 2.76 bits per heavy atom. The molecule has 6 nitrogen and oxygen atoms in total. The summed E-state index contributed by atoms with van der Waals surface area (Å²) in [5, 5.41) is 26.4. The molecular formula is C19H16N4O2. The first-order chi connectivity index (χ1) is 12.2. The van der Waals surface area contributed by atoms with Crippen LogP contribution >= 0.6 is 0 Å². The summed E-state index contributed by atoms with van der Waals surface area (Å²) >= 11 is 0. The number of fused-ring (bicyclic) bond motifs is 1. The third-order valence-electron chi connectivity index (χ3n) is 3.91. The molecule has 0 saturated carbocycles. The molecule has 124 valence electrons. The van der Waals surface area contributed by atoms with E-state index in [0.29, 0.717) is 11.5 Å². The highest BCUT2D eigenvalue weighted by atomic mass is 16.3. The van der Waals surface area contributed by atoms with E-state index in [0.717, 1.165) is 22.4 Å². The van der Waals surface area contributed by atoms with Gasteiger partial charge in [0.2, 0.25) is 0 Å². The van der Waals surface area contributed by atoms with Crippen molar-refractivity contribution in [3.63, 3.8) is 0 Å². The maximum absolute atomic E-state index is 9.58. The van der Waals surface area contributed by atoms with Crippen LogP contribution in [0.1, 0.15) is 5.56 Å². The van der Waals surface area contributed by atoms with Crippen LogP contribution in [0.25, 0.3) is 16.8 Å². The van der Waals surface area contributed by atoms with Gasteiger partial charge in [-0.15, -0.1) is 0 Å².